The normalized spacial score (nSPS) is 10.4. The Morgan fingerprint density at radius 1 is 0.392 bits per heavy atom. The van der Waals surface area contributed by atoms with Crippen LogP contribution in [-0.2, 0) is 0 Å². The van der Waals surface area contributed by atoms with Crippen LogP contribution in [-0.4, -0.2) is 36.4 Å². The van der Waals surface area contributed by atoms with E-state index in [4.69, 9.17) is 23.9 Å². The highest BCUT2D eigenvalue weighted by Gasteiger charge is 2.14. The van der Waals surface area contributed by atoms with E-state index in [1.54, 1.807) is 35.9 Å². The average molecular weight is 1060 g/mol. The molecule has 0 bridgehead atoms. The van der Waals surface area contributed by atoms with Gasteiger partial charge in [-0.15, -0.1) is 11.3 Å². The van der Waals surface area contributed by atoms with E-state index in [-0.39, 0.29) is 0 Å². The summed E-state index contributed by atoms with van der Waals surface area (Å²) in [5, 5.41) is 10.4. The van der Waals surface area contributed by atoms with E-state index in [2.05, 4.69) is 123 Å². The number of hydrogen-bond acceptors (Lipinski definition) is 8. The Hall–Kier alpha value is -8.19. The molecule has 0 saturated heterocycles. The van der Waals surface area contributed by atoms with Crippen molar-refractivity contribution in [2.75, 3.05) is 26.4 Å². The molecule has 0 fully saturated rings. The molecule has 2 heterocycles. The molecule has 0 saturated carbocycles. The molecule has 0 amide bonds. The predicted molar refractivity (Wildman–Crippen MR) is 324 cm³/mol. The standard InChI is InChI=1S/C71H73N3O4S/c1-5-9-13-17-44-75-66-51-64(38-30-57-40-42-73-43-41-57)67(76-45-18-14-10-6-2)49-63(66)37-29-56-26-34-61(35-27-56)71-74-54-70(79-71)60-32-24-55(25-33-60)28-36-62-50-69(78-47-20-16-12-8-4)65(52-68(62)77-46-19-15-11-7-3)39-31-58-22-21-23-59(48-58)53-72/h21-27,32-35,40-43,48-52,54H,5-20,44-47H2,1-4H3. The highest BCUT2D eigenvalue weighted by molar-refractivity contribution is 7.18. The van der Waals surface area contributed by atoms with Gasteiger partial charge in [-0.2, -0.15) is 5.26 Å². The molecule has 0 aliphatic carbocycles. The van der Waals surface area contributed by atoms with Crippen LogP contribution < -0.4 is 18.9 Å². The third-order valence-corrected chi connectivity index (χ3v) is 14.1. The molecule has 79 heavy (non-hydrogen) atoms. The fourth-order valence-electron chi connectivity index (χ4n) is 8.45. The van der Waals surface area contributed by atoms with Crippen molar-refractivity contribution in [2.24, 2.45) is 0 Å². The summed E-state index contributed by atoms with van der Waals surface area (Å²) in [6, 6.07) is 37.8. The lowest BCUT2D eigenvalue weighted by atomic mass is 10.1. The maximum atomic E-state index is 9.47. The van der Waals surface area contributed by atoms with Gasteiger partial charge in [0.15, 0.2) is 0 Å². The molecule has 0 N–H and O–H groups in total. The molecule has 0 atom stereocenters. The van der Waals surface area contributed by atoms with Gasteiger partial charge in [-0.3, -0.25) is 4.98 Å². The Kier molecular flexibility index (Phi) is 24.6. The fraction of sp³-hybridized carbons (Fsp3) is 0.338. The number of thiazole rings is 1. The highest BCUT2D eigenvalue weighted by atomic mass is 32.1. The van der Waals surface area contributed by atoms with Gasteiger partial charge in [0.05, 0.1) is 65.2 Å². The van der Waals surface area contributed by atoms with Crippen molar-refractivity contribution in [3.05, 3.63) is 178 Å². The molecule has 0 unspecified atom stereocenters. The number of hydrogen-bond donors (Lipinski definition) is 0. The highest BCUT2D eigenvalue weighted by Crippen LogP contribution is 2.34. The smallest absolute Gasteiger partial charge is 0.136 e. The van der Waals surface area contributed by atoms with E-state index in [0.717, 1.165) is 143 Å². The van der Waals surface area contributed by atoms with E-state index in [9.17, 15) is 5.26 Å². The van der Waals surface area contributed by atoms with Gasteiger partial charge in [-0.1, -0.05) is 182 Å². The van der Waals surface area contributed by atoms with Crippen LogP contribution in [0.5, 0.6) is 23.0 Å². The molecule has 7 rings (SSSR count). The minimum atomic E-state index is 0.570. The van der Waals surface area contributed by atoms with E-state index in [0.29, 0.717) is 55.0 Å². The minimum Gasteiger partial charge on any atom is -0.492 e. The Morgan fingerprint density at radius 2 is 0.772 bits per heavy atom. The van der Waals surface area contributed by atoms with Crippen molar-refractivity contribution in [1.29, 1.82) is 5.26 Å². The first kappa shape index (κ1) is 58.5. The van der Waals surface area contributed by atoms with Crippen molar-refractivity contribution in [2.45, 2.75) is 130 Å². The number of aromatic nitrogens is 2. The van der Waals surface area contributed by atoms with Crippen molar-refractivity contribution in [1.82, 2.24) is 9.97 Å². The zero-order valence-corrected chi connectivity index (χ0v) is 47.5. The largest absolute Gasteiger partial charge is 0.492 e. The van der Waals surface area contributed by atoms with Crippen LogP contribution in [0.4, 0.5) is 0 Å². The molecule has 2 aromatic heterocycles. The number of pyridine rings is 1. The van der Waals surface area contributed by atoms with Crippen LogP contribution in [0, 0.1) is 58.7 Å². The number of benzene rings is 5. The van der Waals surface area contributed by atoms with Gasteiger partial charge in [0.2, 0.25) is 0 Å². The Bertz CT molecular complexity index is 3330. The predicted octanol–water partition coefficient (Wildman–Crippen LogP) is 17.2. The lowest BCUT2D eigenvalue weighted by Crippen LogP contribution is -2.03. The van der Waals surface area contributed by atoms with E-state index < -0.39 is 0 Å². The van der Waals surface area contributed by atoms with Crippen molar-refractivity contribution in [3.63, 3.8) is 0 Å². The maximum Gasteiger partial charge on any atom is 0.136 e. The first-order valence-electron chi connectivity index (χ1n) is 28.5. The number of nitriles is 1. The summed E-state index contributed by atoms with van der Waals surface area (Å²) < 4.78 is 25.7. The first-order chi connectivity index (χ1) is 39.0. The molecule has 0 spiro atoms. The molecule has 0 aliphatic heterocycles. The van der Waals surface area contributed by atoms with Crippen LogP contribution in [0.15, 0.2) is 128 Å². The molecule has 7 nitrogen and oxygen atoms in total. The minimum absolute atomic E-state index is 0.570. The average Bonchev–Trinajstić information content (AvgIpc) is 3.99. The quantitative estimate of drug-likeness (QED) is 0.0394. The second-order valence-electron chi connectivity index (χ2n) is 19.4. The van der Waals surface area contributed by atoms with Crippen LogP contribution in [0.25, 0.3) is 21.0 Å². The van der Waals surface area contributed by atoms with Crippen LogP contribution in [0.1, 0.15) is 180 Å². The third-order valence-electron chi connectivity index (χ3n) is 13.0. The van der Waals surface area contributed by atoms with Gasteiger partial charge >= 0.3 is 0 Å². The second kappa shape index (κ2) is 33.2. The molecular weight excluding hydrogens is 991 g/mol. The summed E-state index contributed by atoms with van der Waals surface area (Å²) in [5.41, 5.74) is 9.10. The molecule has 402 valence electrons. The number of ether oxygens (including phenoxy) is 4. The van der Waals surface area contributed by atoms with Gasteiger partial charge < -0.3 is 18.9 Å². The number of unbranched alkanes of at least 4 members (excludes halogenated alkanes) is 12. The number of rotatable bonds is 26. The van der Waals surface area contributed by atoms with Gasteiger partial charge in [-0.05, 0) is 85.8 Å². The van der Waals surface area contributed by atoms with Gasteiger partial charge in [-0.25, -0.2) is 4.98 Å². The zero-order chi connectivity index (χ0) is 55.1. The summed E-state index contributed by atoms with van der Waals surface area (Å²) in [6.45, 7) is 11.2. The third kappa shape index (κ3) is 19.3. The second-order valence-corrected chi connectivity index (χ2v) is 20.5. The molecule has 5 aromatic carbocycles. The van der Waals surface area contributed by atoms with Crippen molar-refractivity contribution >= 4 is 11.3 Å². The number of nitrogens with zero attached hydrogens (tertiary/aromatic N) is 3. The lowest BCUT2D eigenvalue weighted by molar-refractivity contribution is 0.295. The summed E-state index contributed by atoms with van der Waals surface area (Å²) in [6.07, 6.45) is 23.1. The first-order valence-corrected chi connectivity index (χ1v) is 29.3. The molecule has 0 aliphatic rings. The molecule has 8 heteroatoms. The van der Waals surface area contributed by atoms with E-state index in [1.807, 2.05) is 66.9 Å². The van der Waals surface area contributed by atoms with Crippen LogP contribution in [0.3, 0.4) is 0 Å². The van der Waals surface area contributed by atoms with Gasteiger partial charge in [0.1, 0.15) is 28.0 Å². The lowest BCUT2D eigenvalue weighted by Gasteiger charge is -2.14. The fourth-order valence-corrected chi connectivity index (χ4v) is 9.37. The molecule has 0 radical (unpaired) electrons. The molecule has 7 aromatic rings. The van der Waals surface area contributed by atoms with Crippen molar-refractivity contribution in [3.8, 4) is 97.4 Å². The summed E-state index contributed by atoms with van der Waals surface area (Å²) in [5.74, 6) is 29.7. The van der Waals surface area contributed by atoms with Gasteiger partial charge in [0, 0.05) is 70.7 Å². The van der Waals surface area contributed by atoms with E-state index >= 15 is 0 Å². The van der Waals surface area contributed by atoms with Crippen LogP contribution >= 0.6 is 11.3 Å². The monoisotopic (exact) mass is 1060 g/mol. The maximum absolute atomic E-state index is 9.47. The summed E-state index contributed by atoms with van der Waals surface area (Å²) >= 11 is 1.65. The topological polar surface area (TPSA) is 86.5 Å². The summed E-state index contributed by atoms with van der Waals surface area (Å²) in [4.78, 5) is 10.0. The van der Waals surface area contributed by atoms with Crippen LogP contribution in [0.2, 0.25) is 0 Å². The van der Waals surface area contributed by atoms with E-state index in [1.165, 1.54) is 25.7 Å². The Morgan fingerprint density at radius 3 is 1.18 bits per heavy atom. The Labute approximate surface area is 475 Å². The SMILES string of the molecule is CCCCCCOc1cc(C#Cc2ccc(-c3ncc(-c4ccc(C#Cc5cc(OCCCCCC)c(C#Cc6cccc(C#N)c6)cc5OCCCCCC)cc4)s3)cc2)c(OCCCCCC)cc1C#Cc1ccncc1. The van der Waals surface area contributed by atoms with Gasteiger partial charge in [0.25, 0.3) is 0 Å². The summed E-state index contributed by atoms with van der Waals surface area (Å²) in [7, 11) is 0. The van der Waals surface area contributed by atoms with Crippen molar-refractivity contribution < 1.29 is 18.9 Å². The molecular formula is C71H73N3O4S. The zero-order valence-electron chi connectivity index (χ0n) is 46.6. The Balaban J connectivity index is 1.09.